The lowest BCUT2D eigenvalue weighted by Gasteiger charge is -2.25. The summed E-state index contributed by atoms with van der Waals surface area (Å²) in [5.41, 5.74) is 5.83. The van der Waals surface area contributed by atoms with E-state index in [1.54, 1.807) is 7.05 Å². The molecule has 0 aromatic heterocycles. The van der Waals surface area contributed by atoms with Gasteiger partial charge in [-0.15, -0.1) is 0 Å². The average Bonchev–Trinajstić information content (AvgIpc) is 2.63. The zero-order valence-corrected chi connectivity index (χ0v) is 11.2. The van der Waals surface area contributed by atoms with Crippen molar-refractivity contribution in [1.82, 2.24) is 5.06 Å². The van der Waals surface area contributed by atoms with E-state index in [0.717, 1.165) is 0 Å². The summed E-state index contributed by atoms with van der Waals surface area (Å²) in [5.74, 6) is 0.974. The molecule has 0 unspecified atom stereocenters. The van der Waals surface area contributed by atoms with Crippen LogP contribution < -0.4 is 5.73 Å². The lowest BCUT2D eigenvalue weighted by Crippen LogP contribution is -2.32. The number of hydroxylamine groups is 2. The van der Waals surface area contributed by atoms with Crippen molar-refractivity contribution < 1.29 is 9.63 Å². The van der Waals surface area contributed by atoms with Crippen molar-refractivity contribution in [2.45, 2.75) is 44.9 Å². The number of hydrogen-bond donors (Lipinski definition) is 1. The molecule has 1 aliphatic carbocycles. The quantitative estimate of drug-likeness (QED) is 0.592. The van der Waals surface area contributed by atoms with Crippen molar-refractivity contribution >= 4 is 5.91 Å². The Hall–Kier alpha value is -0.610. The number of carbonyl (C=O) groups is 1. The van der Waals surface area contributed by atoms with Crippen LogP contribution in [0.2, 0.25) is 0 Å². The summed E-state index contributed by atoms with van der Waals surface area (Å²) in [4.78, 5) is 16.7. The van der Waals surface area contributed by atoms with Crippen molar-refractivity contribution in [2.24, 2.45) is 17.6 Å². The Balaban J connectivity index is 2.48. The zero-order chi connectivity index (χ0) is 12.7. The Kier molecular flexibility index (Phi) is 6.52. The average molecular weight is 242 g/mol. The van der Waals surface area contributed by atoms with E-state index in [4.69, 9.17) is 10.6 Å². The van der Waals surface area contributed by atoms with Gasteiger partial charge in [0.2, 0.25) is 5.91 Å². The van der Waals surface area contributed by atoms with Crippen LogP contribution in [0.25, 0.3) is 0 Å². The van der Waals surface area contributed by atoms with Crippen LogP contribution in [0.3, 0.4) is 0 Å². The van der Waals surface area contributed by atoms with Crippen molar-refractivity contribution in [3.05, 3.63) is 0 Å². The summed E-state index contributed by atoms with van der Waals surface area (Å²) in [7, 11) is 3.17. The second-order valence-corrected chi connectivity index (χ2v) is 5.03. The summed E-state index contributed by atoms with van der Waals surface area (Å²) in [6, 6.07) is 0. The van der Waals surface area contributed by atoms with Gasteiger partial charge in [-0.25, -0.2) is 5.06 Å². The number of rotatable bonds is 5. The molecular weight excluding hydrogens is 216 g/mol. The molecule has 1 rings (SSSR count). The molecule has 1 saturated carbocycles. The van der Waals surface area contributed by atoms with E-state index in [2.05, 4.69) is 0 Å². The third-order valence-electron chi connectivity index (χ3n) is 3.93. The van der Waals surface area contributed by atoms with Gasteiger partial charge in [0.1, 0.15) is 0 Å². The number of hydrogen-bond acceptors (Lipinski definition) is 3. The second-order valence-electron chi connectivity index (χ2n) is 5.03. The Bertz CT molecular complexity index is 225. The smallest absolute Gasteiger partial charge is 0.246 e. The van der Waals surface area contributed by atoms with Crippen molar-refractivity contribution in [1.29, 1.82) is 0 Å². The molecule has 0 spiro atoms. The van der Waals surface area contributed by atoms with Crippen LogP contribution in [0.4, 0.5) is 0 Å². The minimum Gasteiger partial charge on any atom is -0.330 e. The van der Waals surface area contributed by atoms with Crippen LogP contribution in [0.1, 0.15) is 44.9 Å². The highest BCUT2D eigenvalue weighted by Crippen LogP contribution is 2.30. The second kappa shape index (κ2) is 7.67. The molecular formula is C13H26N2O2. The maximum absolute atomic E-state index is 11.8. The van der Waals surface area contributed by atoms with Gasteiger partial charge in [-0.2, -0.15) is 0 Å². The molecule has 0 saturated heterocycles. The predicted molar refractivity (Wildman–Crippen MR) is 68.1 cm³/mol. The minimum absolute atomic E-state index is 0.0344. The molecule has 17 heavy (non-hydrogen) atoms. The molecule has 1 amide bonds. The fourth-order valence-corrected chi connectivity index (χ4v) is 2.68. The van der Waals surface area contributed by atoms with Crippen LogP contribution in [0.5, 0.6) is 0 Å². The maximum Gasteiger partial charge on any atom is 0.246 e. The fraction of sp³-hybridized carbons (Fsp3) is 0.923. The molecule has 1 aliphatic rings. The normalized spacial score (nSPS) is 19.7. The fourth-order valence-electron chi connectivity index (χ4n) is 2.68. The first kappa shape index (κ1) is 14.5. The Morgan fingerprint density at radius 1 is 1.35 bits per heavy atom. The molecule has 0 radical (unpaired) electrons. The van der Waals surface area contributed by atoms with Gasteiger partial charge < -0.3 is 5.73 Å². The van der Waals surface area contributed by atoms with Crippen LogP contribution in [0.15, 0.2) is 0 Å². The molecule has 1 fully saturated rings. The predicted octanol–water partition coefficient (Wildman–Crippen LogP) is 1.94. The van der Waals surface area contributed by atoms with Gasteiger partial charge in [-0.3, -0.25) is 9.63 Å². The van der Waals surface area contributed by atoms with E-state index in [-0.39, 0.29) is 5.91 Å². The van der Waals surface area contributed by atoms with Crippen molar-refractivity contribution in [2.75, 3.05) is 20.7 Å². The third kappa shape index (κ3) is 4.64. The monoisotopic (exact) mass is 242 g/mol. The number of carbonyl (C=O) groups excluding carboxylic acids is 1. The highest BCUT2D eigenvalue weighted by atomic mass is 16.7. The molecule has 100 valence electrons. The minimum atomic E-state index is 0.0344. The van der Waals surface area contributed by atoms with E-state index in [9.17, 15) is 4.79 Å². The standard InChI is InChI=1S/C13H26N2O2/c1-15(17-2)13(16)9-12(10-14)11-7-5-3-4-6-8-11/h11-12H,3-10,14H2,1-2H3/t12-/m0/s1. The van der Waals surface area contributed by atoms with Crippen LogP contribution in [-0.2, 0) is 9.63 Å². The molecule has 4 heteroatoms. The van der Waals surface area contributed by atoms with Crippen molar-refractivity contribution in [3.8, 4) is 0 Å². The van der Waals surface area contributed by atoms with Crippen LogP contribution >= 0.6 is 0 Å². The molecule has 0 bridgehead atoms. The largest absolute Gasteiger partial charge is 0.330 e. The highest BCUT2D eigenvalue weighted by molar-refractivity contribution is 5.75. The number of nitrogens with two attached hydrogens (primary N) is 1. The van der Waals surface area contributed by atoms with E-state index in [0.29, 0.717) is 24.8 Å². The zero-order valence-electron chi connectivity index (χ0n) is 11.2. The summed E-state index contributed by atoms with van der Waals surface area (Å²) >= 11 is 0. The SMILES string of the molecule is CON(C)C(=O)C[C@@H](CN)C1CCCCCC1. The molecule has 2 N–H and O–H groups in total. The first-order valence-electron chi connectivity index (χ1n) is 6.69. The van der Waals surface area contributed by atoms with Gasteiger partial charge in [0.05, 0.1) is 7.11 Å². The van der Waals surface area contributed by atoms with Gasteiger partial charge >= 0.3 is 0 Å². The van der Waals surface area contributed by atoms with E-state index < -0.39 is 0 Å². The molecule has 0 aromatic rings. The Morgan fingerprint density at radius 3 is 2.41 bits per heavy atom. The van der Waals surface area contributed by atoms with Gasteiger partial charge in [0.25, 0.3) is 0 Å². The van der Waals surface area contributed by atoms with Gasteiger partial charge in [0.15, 0.2) is 0 Å². The number of nitrogens with zero attached hydrogens (tertiary/aromatic N) is 1. The summed E-state index contributed by atoms with van der Waals surface area (Å²) in [6.45, 7) is 0.605. The van der Waals surface area contributed by atoms with E-state index in [1.807, 2.05) is 0 Å². The number of amides is 1. The van der Waals surface area contributed by atoms with Gasteiger partial charge in [0, 0.05) is 13.5 Å². The first-order chi connectivity index (χ1) is 8.19. The lowest BCUT2D eigenvalue weighted by atomic mass is 9.84. The Morgan fingerprint density at radius 2 is 1.94 bits per heavy atom. The van der Waals surface area contributed by atoms with E-state index in [1.165, 1.54) is 50.7 Å². The summed E-state index contributed by atoms with van der Waals surface area (Å²) < 4.78 is 0. The van der Waals surface area contributed by atoms with Crippen LogP contribution in [-0.4, -0.2) is 31.7 Å². The van der Waals surface area contributed by atoms with Gasteiger partial charge in [-0.05, 0) is 18.4 Å². The first-order valence-corrected chi connectivity index (χ1v) is 6.69. The molecule has 0 aromatic carbocycles. The highest BCUT2D eigenvalue weighted by Gasteiger charge is 2.25. The Labute approximate surface area is 104 Å². The van der Waals surface area contributed by atoms with Gasteiger partial charge in [-0.1, -0.05) is 38.5 Å². The van der Waals surface area contributed by atoms with Crippen LogP contribution in [0, 0.1) is 11.8 Å². The molecule has 0 heterocycles. The molecule has 4 nitrogen and oxygen atoms in total. The van der Waals surface area contributed by atoms with Crippen molar-refractivity contribution in [3.63, 3.8) is 0 Å². The summed E-state index contributed by atoms with van der Waals surface area (Å²) in [6.07, 6.45) is 8.22. The third-order valence-corrected chi connectivity index (χ3v) is 3.93. The summed E-state index contributed by atoms with van der Waals surface area (Å²) in [5, 5.41) is 1.30. The topological polar surface area (TPSA) is 55.6 Å². The lowest BCUT2D eigenvalue weighted by molar-refractivity contribution is -0.170. The molecule has 1 atom stereocenters. The maximum atomic E-state index is 11.8. The van der Waals surface area contributed by atoms with E-state index >= 15 is 0 Å². The molecule has 0 aliphatic heterocycles.